The van der Waals surface area contributed by atoms with Gasteiger partial charge in [-0.1, -0.05) is 0 Å². The molecule has 2 aromatic heterocycles. The molecule has 0 spiro atoms. The Kier molecular flexibility index (Phi) is 2.90. The molecule has 0 bridgehead atoms. The number of rotatable bonds is 3. The van der Waals surface area contributed by atoms with Crippen LogP contribution in [0.3, 0.4) is 0 Å². The molecule has 3 heterocycles. The van der Waals surface area contributed by atoms with Crippen LogP contribution in [0, 0.1) is 0 Å². The molecule has 1 aliphatic rings. The Morgan fingerprint density at radius 1 is 1.65 bits per heavy atom. The first-order valence-corrected chi connectivity index (χ1v) is 6.92. The minimum Gasteiger partial charge on any atom is -0.374 e. The molecule has 92 valence electrons. The topological polar surface area (TPSA) is 52.5 Å². The van der Waals surface area contributed by atoms with Gasteiger partial charge in [0.1, 0.15) is 0 Å². The quantitative estimate of drug-likeness (QED) is 0.905. The minimum atomic E-state index is 0.0598. The smallest absolute Gasteiger partial charge is 0.193 e. The van der Waals surface area contributed by atoms with Crippen molar-refractivity contribution in [1.82, 2.24) is 9.38 Å². The van der Waals surface area contributed by atoms with E-state index >= 15 is 0 Å². The lowest BCUT2D eigenvalue weighted by molar-refractivity contribution is 0.0403. The van der Waals surface area contributed by atoms with E-state index in [9.17, 15) is 0 Å². The largest absolute Gasteiger partial charge is 0.374 e. The van der Waals surface area contributed by atoms with Gasteiger partial charge in [0, 0.05) is 30.2 Å². The summed E-state index contributed by atoms with van der Waals surface area (Å²) < 4.78 is 7.84. The van der Waals surface area contributed by atoms with Gasteiger partial charge in [-0.05, 0) is 19.8 Å². The monoisotopic (exact) mass is 251 g/mol. The van der Waals surface area contributed by atoms with Crippen LogP contribution in [0.25, 0.3) is 4.96 Å². The molecule has 3 rings (SSSR count). The van der Waals surface area contributed by atoms with Gasteiger partial charge in [-0.2, -0.15) is 0 Å². The number of ether oxygens (including phenoxy) is 1. The van der Waals surface area contributed by atoms with Crippen LogP contribution in [-0.4, -0.2) is 27.6 Å². The predicted molar refractivity (Wildman–Crippen MR) is 68.3 cm³/mol. The lowest BCUT2D eigenvalue weighted by Crippen LogP contribution is -2.36. The highest BCUT2D eigenvalue weighted by molar-refractivity contribution is 7.15. The maximum Gasteiger partial charge on any atom is 0.193 e. The van der Waals surface area contributed by atoms with Gasteiger partial charge in [-0.25, -0.2) is 4.98 Å². The maximum absolute atomic E-state index is 6.19. The normalized spacial score (nSPS) is 26.7. The highest BCUT2D eigenvalue weighted by atomic mass is 32.1. The van der Waals surface area contributed by atoms with Crippen molar-refractivity contribution in [2.75, 3.05) is 0 Å². The summed E-state index contributed by atoms with van der Waals surface area (Å²) in [5.74, 6) is 0. The van der Waals surface area contributed by atoms with Crippen molar-refractivity contribution in [3.05, 3.63) is 23.5 Å². The van der Waals surface area contributed by atoms with Gasteiger partial charge < -0.3 is 10.5 Å². The Bertz CT molecular complexity index is 478. The number of fused-ring (bicyclic) bond motifs is 1. The lowest BCUT2D eigenvalue weighted by atomic mass is 10.0. The van der Waals surface area contributed by atoms with Crippen LogP contribution >= 0.6 is 11.3 Å². The number of nitrogens with zero attached hydrogens (tertiary/aromatic N) is 2. The summed E-state index contributed by atoms with van der Waals surface area (Å²) in [6.07, 6.45) is 7.63. The first-order chi connectivity index (χ1) is 8.22. The fourth-order valence-electron chi connectivity index (χ4n) is 2.40. The third kappa shape index (κ3) is 2.22. The summed E-state index contributed by atoms with van der Waals surface area (Å²) in [7, 11) is 0. The Morgan fingerprint density at radius 2 is 2.53 bits per heavy atom. The summed E-state index contributed by atoms with van der Waals surface area (Å²) in [4.78, 5) is 5.58. The van der Waals surface area contributed by atoms with Crippen molar-refractivity contribution in [2.45, 2.75) is 44.4 Å². The number of hydrogen-bond acceptors (Lipinski definition) is 4. The zero-order chi connectivity index (χ0) is 11.8. The van der Waals surface area contributed by atoms with E-state index in [1.165, 1.54) is 0 Å². The molecular formula is C12H17N3OS. The lowest BCUT2D eigenvalue weighted by Gasteiger charge is -2.18. The van der Waals surface area contributed by atoms with Gasteiger partial charge >= 0.3 is 0 Å². The van der Waals surface area contributed by atoms with Gasteiger partial charge in [0.05, 0.1) is 17.9 Å². The summed E-state index contributed by atoms with van der Waals surface area (Å²) in [6, 6.07) is 0.0598. The number of thiazole rings is 1. The number of imidazole rings is 1. The molecule has 2 aromatic rings. The van der Waals surface area contributed by atoms with Crippen molar-refractivity contribution in [3.8, 4) is 0 Å². The molecule has 3 atom stereocenters. The molecule has 5 heteroatoms. The van der Waals surface area contributed by atoms with E-state index in [4.69, 9.17) is 10.5 Å². The zero-order valence-corrected chi connectivity index (χ0v) is 10.7. The predicted octanol–water partition coefficient (Wildman–Crippen LogP) is 1.83. The number of nitrogens with two attached hydrogens (primary N) is 1. The highest BCUT2D eigenvalue weighted by Gasteiger charge is 2.27. The number of hydrogen-bond donors (Lipinski definition) is 1. The molecule has 1 saturated heterocycles. The van der Waals surface area contributed by atoms with Crippen molar-refractivity contribution in [2.24, 2.45) is 5.73 Å². The second-order valence-electron chi connectivity index (χ2n) is 4.76. The van der Waals surface area contributed by atoms with Crippen LogP contribution in [0.15, 0.2) is 17.8 Å². The highest BCUT2D eigenvalue weighted by Crippen LogP contribution is 2.22. The second-order valence-corrected chi connectivity index (χ2v) is 5.63. The Hall–Kier alpha value is -0.910. The fraction of sp³-hybridized carbons (Fsp3) is 0.583. The van der Waals surface area contributed by atoms with Gasteiger partial charge in [0.25, 0.3) is 0 Å². The molecule has 2 N–H and O–H groups in total. The standard InChI is InChI=1S/C12H17N3OS/c1-8-2-3-11(16-8)10(13)6-9-7-15-4-5-17-12(15)14-9/h4-5,7-8,10-11H,2-3,6,13H2,1H3. The summed E-state index contributed by atoms with van der Waals surface area (Å²) >= 11 is 1.65. The van der Waals surface area contributed by atoms with Crippen molar-refractivity contribution in [3.63, 3.8) is 0 Å². The molecule has 1 aliphatic heterocycles. The molecule has 17 heavy (non-hydrogen) atoms. The second kappa shape index (κ2) is 4.40. The molecule has 3 unspecified atom stereocenters. The van der Waals surface area contributed by atoms with E-state index in [-0.39, 0.29) is 12.1 Å². The summed E-state index contributed by atoms with van der Waals surface area (Å²) in [5, 5.41) is 2.04. The molecular weight excluding hydrogens is 234 g/mol. The average molecular weight is 251 g/mol. The first kappa shape index (κ1) is 11.2. The Balaban J connectivity index is 1.68. The minimum absolute atomic E-state index is 0.0598. The van der Waals surface area contributed by atoms with Crippen LogP contribution in [0.4, 0.5) is 0 Å². The van der Waals surface area contributed by atoms with Gasteiger partial charge in [0.2, 0.25) is 0 Å². The van der Waals surface area contributed by atoms with Gasteiger partial charge in [0.15, 0.2) is 4.96 Å². The Labute approximate surface area is 104 Å². The van der Waals surface area contributed by atoms with E-state index in [0.29, 0.717) is 6.10 Å². The third-order valence-electron chi connectivity index (χ3n) is 3.33. The third-order valence-corrected chi connectivity index (χ3v) is 4.10. The SMILES string of the molecule is CC1CCC(C(N)Cc2cn3ccsc3n2)O1. The zero-order valence-electron chi connectivity index (χ0n) is 9.87. The van der Waals surface area contributed by atoms with Crippen LogP contribution in [0.5, 0.6) is 0 Å². The van der Waals surface area contributed by atoms with E-state index in [1.807, 2.05) is 16.0 Å². The fourth-order valence-corrected chi connectivity index (χ4v) is 3.11. The van der Waals surface area contributed by atoms with Crippen molar-refractivity contribution in [1.29, 1.82) is 0 Å². The van der Waals surface area contributed by atoms with Crippen LogP contribution in [-0.2, 0) is 11.2 Å². The van der Waals surface area contributed by atoms with E-state index in [1.54, 1.807) is 11.3 Å². The molecule has 0 aromatic carbocycles. The van der Waals surface area contributed by atoms with Gasteiger partial charge in [-0.3, -0.25) is 4.40 Å². The van der Waals surface area contributed by atoms with Crippen LogP contribution < -0.4 is 5.73 Å². The van der Waals surface area contributed by atoms with Gasteiger partial charge in [-0.15, -0.1) is 11.3 Å². The molecule has 0 radical (unpaired) electrons. The van der Waals surface area contributed by atoms with Crippen molar-refractivity contribution >= 4 is 16.3 Å². The van der Waals surface area contributed by atoms with Crippen LogP contribution in [0.2, 0.25) is 0 Å². The van der Waals surface area contributed by atoms with Crippen LogP contribution in [0.1, 0.15) is 25.5 Å². The average Bonchev–Trinajstić information content (AvgIpc) is 2.92. The molecule has 0 aliphatic carbocycles. The number of aromatic nitrogens is 2. The Morgan fingerprint density at radius 3 is 3.24 bits per heavy atom. The summed E-state index contributed by atoms with van der Waals surface area (Å²) in [5.41, 5.74) is 7.26. The molecule has 0 saturated carbocycles. The first-order valence-electron chi connectivity index (χ1n) is 6.04. The van der Waals surface area contributed by atoms with E-state index in [2.05, 4.69) is 18.1 Å². The maximum atomic E-state index is 6.19. The molecule has 1 fully saturated rings. The molecule has 4 nitrogen and oxygen atoms in total. The summed E-state index contributed by atoms with van der Waals surface area (Å²) in [6.45, 7) is 2.11. The van der Waals surface area contributed by atoms with E-state index in [0.717, 1.165) is 29.9 Å². The van der Waals surface area contributed by atoms with E-state index < -0.39 is 0 Å². The van der Waals surface area contributed by atoms with Crippen molar-refractivity contribution < 1.29 is 4.74 Å². The molecule has 0 amide bonds.